The predicted molar refractivity (Wildman–Crippen MR) is 79.1 cm³/mol. The molecule has 1 aromatic rings. The Balaban J connectivity index is 1.79. The molecule has 2 saturated heterocycles. The van der Waals surface area contributed by atoms with Gasteiger partial charge in [0.2, 0.25) is 0 Å². The molecule has 0 aromatic carbocycles. The SMILES string of the molecule is CN1C(=O)N(C)C2(CCN(c3cc(C#N)ccn3)CC2)C1=O. The van der Waals surface area contributed by atoms with E-state index in [1.54, 1.807) is 30.3 Å². The number of aromatic nitrogens is 1. The number of rotatable bonds is 1. The lowest BCUT2D eigenvalue weighted by Crippen LogP contribution is -2.55. The number of hydrogen-bond donors (Lipinski definition) is 0. The van der Waals surface area contributed by atoms with E-state index in [-0.39, 0.29) is 11.9 Å². The number of anilines is 1. The maximum atomic E-state index is 12.4. The fourth-order valence-electron chi connectivity index (χ4n) is 3.27. The highest BCUT2D eigenvalue weighted by atomic mass is 16.2. The number of hydrogen-bond acceptors (Lipinski definition) is 5. The number of nitrogens with zero attached hydrogens (tertiary/aromatic N) is 5. The van der Waals surface area contributed by atoms with E-state index in [1.165, 1.54) is 11.9 Å². The number of piperidine rings is 1. The van der Waals surface area contributed by atoms with E-state index >= 15 is 0 Å². The Kier molecular flexibility index (Phi) is 3.24. The highest BCUT2D eigenvalue weighted by molar-refractivity contribution is 6.06. The van der Waals surface area contributed by atoms with Crippen LogP contribution in [-0.2, 0) is 4.79 Å². The lowest BCUT2D eigenvalue weighted by Gasteiger charge is -2.41. The van der Waals surface area contributed by atoms with Crippen LogP contribution in [0.25, 0.3) is 0 Å². The van der Waals surface area contributed by atoms with Crippen molar-refractivity contribution in [3.63, 3.8) is 0 Å². The second-order valence-corrected chi connectivity index (χ2v) is 5.74. The van der Waals surface area contributed by atoms with E-state index in [0.29, 0.717) is 31.5 Å². The molecule has 0 unspecified atom stereocenters. The molecule has 114 valence electrons. The molecule has 0 radical (unpaired) electrons. The minimum Gasteiger partial charge on any atom is -0.356 e. The average Bonchev–Trinajstić information content (AvgIpc) is 2.72. The molecule has 7 heteroatoms. The molecular weight excluding hydrogens is 282 g/mol. The van der Waals surface area contributed by atoms with Crippen molar-refractivity contribution in [2.75, 3.05) is 32.1 Å². The zero-order valence-electron chi connectivity index (χ0n) is 12.6. The van der Waals surface area contributed by atoms with Crippen LogP contribution in [0.1, 0.15) is 18.4 Å². The van der Waals surface area contributed by atoms with Crippen LogP contribution in [0.5, 0.6) is 0 Å². The van der Waals surface area contributed by atoms with Gasteiger partial charge in [-0.3, -0.25) is 9.69 Å². The van der Waals surface area contributed by atoms with Crippen LogP contribution in [0.4, 0.5) is 10.6 Å². The summed E-state index contributed by atoms with van der Waals surface area (Å²) in [6.07, 6.45) is 2.75. The van der Waals surface area contributed by atoms with Crippen LogP contribution < -0.4 is 4.90 Å². The molecule has 0 aliphatic carbocycles. The third kappa shape index (κ3) is 1.91. The van der Waals surface area contributed by atoms with Crippen molar-refractivity contribution in [1.82, 2.24) is 14.8 Å². The van der Waals surface area contributed by atoms with Gasteiger partial charge in [0.05, 0.1) is 11.6 Å². The molecule has 22 heavy (non-hydrogen) atoms. The number of urea groups is 1. The van der Waals surface area contributed by atoms with E-state index in [0.717, 1.165) is 5.82 Å². The summed E-state index contributed by atoms with van der Waals surface area (Å²) in [6.45, 7) is 1.25. The van der Waals surface area contributed by atoms with Crippen LogP contribution >= 0.6 is 0 Å². The summed E-state index contributed by atoms with van der Waals surface area (Å²) in [5, 5.41) is 8.97. The quantitative estimate of drug-likeness (QED) is 0.717. The lowest BCUT2D eigenvalue weighted by molar-refractivity contribution is -0.133. The van der Waals surface area contributed by atoms with Crippen molar-refractivity contribution in [3.05, 3.63) is 23.9 Å². The highest BCUT2D eigenvalue weighted by Crippen LogP contribution is 2.36. The summed E-state index contributed by atoms with van der Waals surface area (Å²) in [7, 11) is 3.22. The van der Waals surface area contributed by atoms with Crippen molar-refractivity contribution in [3.8, 4) is 6.07 Å². The second-order valence-electron chi connectivity index (χ2n) is 5.74. The minimum absolute atomic E-state index is 0.126. The van der Waals surface area contributed by atoms with Gasteiger partial charge in [-0.1, -0.05) is 0 Å². The Hall–Kier alpha value is -2.62. The molecule has 0 bridgehead atoms. The van der Waals surface area contributed by atoms with E-state index in [9.17, 15) is 9.59 Å². The lowest BCUT2D eigenvalue weighted by atomic mass is 9.86. The van der Waals surface area contributed by atoms with Crippen molar-refractivity contribution in [1.29, 1.82) is 5.26 Å². The van der Waals surface area contributed by atoms with Crippen molar-refractivity contribution < 1.29 is 9.59 Å². The Morgan fingerprint density at radius 3 is 2.50 bits per heavy atom. The molecule has 2 aliphatic heterocycles. The van der Waals surface area contributed by atoms with Gasteiger partial charge in [0.1, 0.15) is 11.4 Å². The summed E-state index contributed by atoms with van der Waals surface area (Å²) in [4.78, 5) is 33.5. The first-order chi connectivity index (χ1) is 10.5. The van der Waals surface area contributed by atoms with Gasteiger partial charge < -0.3 is 9.80 Å². The maximum absolute atomic E-state index is 12.4. The zero-order chi connectivity index (χ0) is 15.9. The fraction of sp³-hybridized carbons (Fsp3) is 0.467. The summed E-state index contributed by atoms with van der Waals surface area (Å²) in [6, 6.07) is 5.26. The molecule has 0 saturated carbocycles. The first kappa shape index (κ1) is 14.3. The van der Waals surface area contributed by atoms with Crippen LogP contribution in [0, 0.1) is 11.3 Å². The zero-order valence-corrected chi connectivity index (χ0v) is 12.6. The highest BCUT2D eigenvalue weighted by Gasteiger charge is 2.55. The van der Waals surface area contributed by atoms with Gasteiger partial charge in [-0.25, -0.2) is 9.78 Å². The largest absolute Gasteiger partial charge is 0.356 e. The minimum atomic E-state index is -0.727. The smallest absolute Gasteiger partial charge is 0.327 e. The van der Waals surface area contributed by atoms with Crippen molar-refractivity contribution in [2.24, 2.45) is 0 Å². The van der Waals surface area contributed by atoms with E-state index in [2.05, 4.69) is 16.0 Å². The summed E-state index contributed by atoms with van der Waals surface area (Å²) in [5.74, 6) is 0.611. The standard InChI is InChI=1S/C15H17N5O2/c1-18-13(21)15(19(2)14(18)22)4-7-20(8-5-15)12-9-11(10-16)3-6-17-12/h3,6,9H,4-5,7-8H2,1-2H3. The molecule has 3 heterocycles. The molecule has 3 amide bonds. The summed E-state index contributed by atoms with van der Waals surface area (Å²) < 4.78 is 0. The normalized spacial score (nSPS) is 20.7. The molecule has 2 aliphatic rings. The van der Waals surface area contributed by atoms with Crippen LogP contribution in [0.15, 0.2) is 18.3 Å². The molecule has 0 atom stereocenters. The van der Waals surface area contributed by atoms with Gasteiger partial charge in [0.25, 0.3) is 5.91 Å². The van der Waals surface area contributed by atoms with Gasteiger partial charge in [-0.05, 0) is 25.0 Å². The number of amides is 3. The van der Waals surface area contributed by atoms with E-state index < -0.39 is 5.54 Å². The molecule has 3 rings (SSSR count). The fourth-order valence-corrected chi connectivity index (χ4v) is 3.27. The molecule has 0 N–H and O–H groups in total. The number of imide groups is 1. The molecular formula is C15H17N5O2. The van der Waals surface area contributed by atoms with Crippen LogP contribution in [0.2, 0.25) is 0 Å². The molecule has 1 spiro atoms. The maximum Gasteiger partial charge on any atom is 0.327 e. The third-order valence-corrected chi connectivity index (χ3v) is 4.71. The van der Waals surface area contributed by atoms with Gasteiger partial charge >= 0.3 is 6.03 Å². The Morgan fingerprint density at radius 1 is 1.27 bits per heavy atom. The monoisotopic (exact) mass is 299 g/mol. The number of likely N-dealkylation sites (N-methyl/N-ethyl adjacent to an activating group) is 2. The van der Waals surface area contributed by atoms with Crippen LogP contribution in [-0.4, -0.2) is 59.4 Å². The predicted octanol–water partition coefficient (Wildman–Crippen LogP) is 0.816. The topological polar surface area (TPSA) is 80.5 Å². The second kappa shape index (κ2) is 4.98. The van der Waals surface area contributed by atoms with Crippen molar-refractivity contribution >= 4 is 17.8 Å². The summed E-state index contributed by atoms with van der Waals surface area (Å²) in [5.41, 5.74) is -0.163. The Morgan fingerprint density at radius 2 is 1.95 bits per heavy atom. The Labute approximate surface area is 128 Å². The van der Waals surface area contributed by atoms with Gasteiger partial charge in [0.15, 0.2) is 0 Å². The molecule has 2 fully saturated rings. The Bertz CT molecular complexity index is 673. The number of carbonyl (C=O) groups is 2. The van der Waals surface area contributed by atoms with Crippen LogP contribution in [0.3, 0.4) is 0 Å². The molecule has 1 aromatic heterocycles. The van der Waals surface area contributed by atoms with Gasteiger partial charge in [-0.2, -0.15) is 5.26 Å². The average molecular weight is 299 g/mol. The third-order valence-electron chi connectivity index (χ3n) is 4.71. The first-order valence-corrected chi connectivity index (χ1v) is 7.17. The summed E-state index contributed by atoms with van der Waals surface area (Å²) >= 11 is 0. The number of nitriles is 1. The van der Waals surface area contributed by atoms with Gasteiger partial charge in [0, 0.05) is 33.4 Å². The number of carbonyl (C=O) groups excluding carboxylic acids is 2. The van der Waals surface area contributed by atoms with Gasteiger partial charge in [-0.15, -0.1) is 0 Å². The number of pyridine rings is 1. The van der Waals surface area contributed by atoms with E-state index in [4.69, 9.17) is 5.26 Å². The van der Waals surface area contributed by atoms with Crippen molar-refractivity contribution in [2.45, 2.75) is 18.4 Å². The first-order valence-electron chi connectivity index (χ1n) is 7.17. The molecule has 7 nitrogen and oxygen atoms in total. The van der Waals surface area contributed by atoms with E-state index in [1.807, 2.05) is 0 Å².